The van der Waals surface area contributed by atoms with Crippen molar-refractivity contribution in [2.75, 3.05) is 40.3 Å². The molecule has 1 N–H and O–H groups in total. The summed E-state index contributed by atoms with van der Waals surface area (Å²) in [5, 5.41) is 3.47. The molecule has 1 amide bonds. The first kappa shape index (κ1) is 17.1. The number of nitrogens with zero attached hydrogens (tertiary/aromatic N) is 3. The minimum absolute atomic E-state index is 0.0543. The van der Waals surface area contributed by atoms with E-state index in [0.29, 0.717) is 11.3 Å². The van der Waals surface area contributed by atoms with Crippen LogP contribution in [-0.4, -0.2) is 61.9 Å². The third-order valence-corrected chi connectivity index (χ3v) is 4.93. The molecular weight excluding hydrogens is 276 g/mol. The molecule has 2 rings (SSSR count). The maximum absolute atomic E-state index is 11.8. The Morgan fingerprint density at radius 2 is 1.95 bits per heavy atom. The first-order valence-electron chi connectivity index (χ1n) is 8.65. The molecule has 5 heteroatoms. The van der Waals surface area contributed by atoms with E-state index < -0.39 is 0 Å². The number of hydrogen-bond acceptors (Lipinski definition) is 2. The molecule has 2 fully saturated rings. The number of carbonyl (C=O) groups is 1. The minimum Gasteiger partial charge on any atom is -0.356 e. The van der Waals surface area contributed by atoms with Gasteiger partial charge in [-0.25, -0.2) is 4.99 Å². The van der Waals surface area contributed by atoms with Crippen molar-refractivity contribution in [2.45, 2.75) is 46.0 Å². The van der Waals surface area contributed by atoms with E-state index in [0.717, 1.165) is 25.6 Å². The standard InChI is InChI=1S/C17H32N4O/c1-14(2)11-18-16(19-12-15(22)20(3)4)21-10-9-17(13-21)7-5-6-8-17/h14H,5-13H2,1-4H3,(H,18,19). The van der Waals surface area contributed by atoms with Crippen LogP contribution in [0.15, 0.2) is 4.99 Å². The SMILES string of the molecule is CC(C)CNC(=NCC(=O)N(C)C)N1CCC2(CCCC2)C1. The molecule has 0 aromatic carbocycles. The summed E-state index contributed by atoms with van der Waals surface area (Å²) in [7, 11) is 3.56. The van der Waals surface area contributed by atoms with E-state index in [1.165, 1.54) is 32.1 Å². The molecule has 0 radical (unpaired) electrons. The topological polar surface area (TPSA) is 47.9 Å². The van der Waals surface area contributed by atoms with Gasteiger partial charge in [0.05, 0.1) is 0 Å². The van der Waals surface area contributed by atoms with Gasteiger partial charge in [0.15, 0.2) is 5.96 Å². The zero-order valence-corrected chi connectivity index (χ0v) is 14.7. The Kier molecular flexibility index (Phi) is 5.70. The summed E-state index contributed by atoms with van der Waals surface area (Å²) in [6.07, 6.45) is 6.74. The highest BCUT2D eigenvalue weighted by Gasteiger charge is 2.41. The number of aliphatic imine (C=N–C) groups is 1. The molecule has 1 saturated carbocycles. The van der Waals surface area contributed by atoms with Gasteiger partial charge in [-0.1, -0.05) is 26.7 Å². The number of likely N-dealkylation sites (tertiary alicyclic amines) is 1. The molecule has 126 valence electrons. The van der Waals surface area contributed by atoms with Crippen LogP contribution in [0.3, 0.4) is 0 Å². The summed E-state index contributed by atoms with van der Waals surface area (Å²) in [6.45, 7) is 7.69. The second-order valence-corrected chi connectivity index (χ2v) is 7.58. The molecule has 2 aliphatic rings. The van der Waals surface area contributed by atoms with Crippen LogP contribution in [0.25, 0.3) is 0 Å². The molecule has 1 saturated heterocycles. The fourth-order valence-electron chi connectivity index (χ4n) is 3.50. The molecule has 0 atom stereocenters. The van der Waals surface area contributed by atoms with Crippen LogP contribution in [-0.2, 0) is 4.79 Å². The second-order valence-electron chi connectivity index (χ2n) is 7.58. The molecule has 0 aromatic heterocycles. The van der Waals surface area contributed by atoms with Gasteiger partial charge in [-0.2, -0.15) is 0 Å². The van der Waals surface area contributed by atoms with Crippen molar-refractivity contribution in [1.29, 1.82) is 0 Å². The predicted octanol–water partition coefficient (Wildman–Crippen LogP) is 1.94. The number of guanidine groups is 1. The molecule has 0 bridgehead atoms. The zero-order valence-electron chi connectivity index (χ0n) is 14.7. The average Bonchev–Trinajstić information content (AvgIpc) is 3.09. The Hall–Kier alpha value is -1.26. The Bertz CT molecular complexity index is 411. The van der Waals surface area contributed by atoms with Crippen LogP contribution >= 0.6 is 0 Å². The third kappa shape index (κ3) is 4.37. The van der Waals surface area contributed by atoms with Gasteiger partial charge in [-0.05, 0) is 30.6 Å². The summed E-state index contributed by atoms with van der Waals surface area (Å²) in [6, 6.07) is 0. The van der Waals surface area contributed by atoms with Gasteiger partial charge in [0, 0.05) is 33.7 Å². The Morgan fingerprint density at radius 3 is 2.55 bits per heavy atom. The lowest BCUT2D eigenvalue weighted by Gasteiger charge is -2.26. The van der Waals surface area contributed by atoms with E-state index in [4.69, 9.17) is 0 Å². The normalized spacial score (nSPS) is 21.0. The first-order valence-corrected chi connectivity index (χ1v) is 8.65. The van der Waals surface area contributed by atoms with Crippen molar-refractivity contribution < 1.29 is 4.79 Å². The molecule has 1 aliphatic carbocycles. The van der Waals surface area contributed by atoms with Gasteiger partial charge >= 0.3 is 0 Å². The summed E-state index contributed by atoms with van der Waals surface area (Å²) in [5.74, 6) is 1.55. The number of hydrogen-bond donors (Lipinski definition) is 1. The molecule has 5 nitrogen and oxygen atoms in total. The maximum Gasteiger partial charge on any atom is 0.243 e. The lowest BCUT2D eigenvalue weighted by Crippen LogP contribution is -2.43. The highest BCUT2D eigenvalue weighted by molar-refractivity contribution is 5.85. The number of likely N-dealkylation sites (N-methyl/N-ethyl adjacent to an activating group) is 1. The molecule has 1 spiro atoms. The number of nitrogens with one attached hydrogen (secondary N) is 1. The van der Waals surface area contributed by atoms with E-state index in [1.807, 2.05) is 0 Å². The number of amides is 1. The van der Waals surface area contributed by atoms with Gasteiger partial charge in [-0.3, -0.25) is 4.79 Å². The van der Waals surface area contributed by atoms with Gasteiger partial charge in [0.1, 0.15) is 6.54 Å². The van der Waals surface area contributed by atoms with Gasteiger partial charge < -0.3 is 15.1 Å². The average molecular weight is 308 g/mol. The summed E-state index contributed by atoms with van der Waals surface area (Å²) >= 11 is 0. The van der Waals surface area contributed by atoms with Gasteiger partial charge in [0.2, 0.25) is 5.91 Å². The van der Waals surface area contributed by atoms with Crippen molar-refractivity contribution in [3.8, 4) is 0 Å². The quantitative estimate of drug-likeness (QED) is 0.638. The first-order chi connectivity index (χ1) is 10.4. The zero-order chi connectivity index (χ0) is 16.2. The lowest BCUT2D eigenvalue weighted by atomic mass is 9.86. The molecule has 1 heterocycles. The minimum atomic E-state index is 0.0543. The molecule has 1 aliphatic heterocycles. The summed E-state index contributed by atoms with van der Waals surface area (Å²) in [4.78, 5) is 20.4. The van der Waals surface area contributed by atoms with Crippen molar-refractivity contribution in [3.05, 3.63) is 0 Å². The molecule has 0 unspecified atom stereocenters. The number of rotatable bonds is 4. The van der Waals surface area contributed by atoms with E-state index in [9.17, 15) is 4.79 Å². The largest absolute Gasteiger partial charge is 0.356 e. The van der Waals surface area contributed by atoms with Crippen molar-refractivity contribution in [2.24, 2.45) is 16.3 Å². The fraction of sp³-hybridized carbons (Fsp3) is 0.882. The van der Waals surface area contributed by atoms with Gasteiger partial charge in [-0.15, -0.1) is 0 Å². The highest BCUT2D eigenvalue weighted by Crippen LogP contribution is 2.45. The second kappa shape index (κ2) is 7.34. The predicted molar refractivity (Wildman–Crippen MR) is 90.9 cm³/mol. The number of carbonyl (C=O) groups excluding carboxylic acids is 1. The third-order valence-electron chi connectivity index (χ3n) is 4.93. The van der Waals surface area contributed by atoms with Crippen LogP contribution in [0.5, 0.6) is 0 Å². The monoisotopic (exact) mass is 308 g/mol. The van der Waals surface area contributed by atoms with Crippen molar-refractivity contribution >= 4 is 11.9 Å². The highest BCUT2D eigenvalue weighted by atomic mass is 16.2. The van der Waals surface area contributed by atoms with Crippen molar-refractivity contribution in [3.63, 3.8) is 0 Å². The van der Waals surface area contributed by atoms with E-state index in [1.54, 1.807) is 19.0 Å². The Morgan fingerprint density at radius 1 is 1.27 bits per heavy atom. The van der Waals surface area contributed by atoms with E-state index >= 15 is 0 Å². The maximum atomic E-state index is 11.8. The lowest BCUT2D eigenvalue weighted by molar-refractivity contribution is -0.127. The fourth-order valence-corrected chi connectivity index (χ4v) is 3.50. The summed E-state index contributed by atoms with van der Waals surface area (Å²) in [5.41, 5.74) is 0.520. The van der Waals surface area contributed by atoms with Gasteiger partial charge in [0.25, 0.3) is 0 Å². The van der Waals surface area contributed by atoms with Crippen LogP contribution < -0.4 is 5.32 Å². The molecular formula is C17H32N4O. The Balaban J connectivity index is 2.00. The van der Waals surface area contributed by atoms with E-state index in [2.05, 4.69) is 29.1 Å². The van der Waals surface area contributed by atoms with Crippen LogP contribution in [0, 0.1) is 11.3 Å². The van der Waals surface area contributed by atoms with E-state index in [-0.39, 0.29) is 12.5 Å². The van der Waals surface area contributed by atoms with Crippen LogP contribution in [0.4, 0.5) is 0 Å². The smallest absolute Gasteiger partial charge is 0.243 e. The van der Waals surface area contributed by atoms with Crippen LogP contribution in [0.2, 0.25) is 0 Å². The Labute approximate surface area is 135 Å². The van der Waals surface area contributed by atoms with Crippen molar-refractivity contribution in [1.82, 2.24) is 15.1 Å². The summed E-state index contributed by atoms with van der Waals surface area (Å²) < 4.78 is 0. The van der Waals surface area contributed by atoms with Crippen LogP contribution in [0.1, 0.15) is 46.0 Å². The molecule has 0 aromatic rings. The molecule has 22 heavy (non-hydrogen) atoms.